The van der Waals surface area contributed by atoms with Crippen LogP contribution in [-0.4, -0.2) is 12.6 Å². The van der Waals surface area contributed by atoms with Gasteiger partial charge in [0.25, 0.3) is 0 Å². The van der Waals surface area contributed by atoms with Crippen molar-refractivity contribution >= 4 is 17.9 Å². The molecule has 5 heteroatoms. The second-order valence-corrected chi connectivity index (χ2v) is 5.03. The Bertz CT molecular complexity index is 700. The van der Waals surface area contributed by atoms with Gasteiger partial charge in [-0.1, -0.05) is 42.5 Å². The van der Waals surface area contributed by atoms with Crippen LogP contribution < -0.4 is 11.1 Å². The molecule has 0 saturated heterocycles. The van der Waals surface area contributed by atoms with Gasteiger partial charge in [0.1, 0.15) is 12.4 Å². The largest absolute Gasteiger partial charge is 0.445 e. The number of hydrogen-bond acceptors (Lipinski definition) is 3. The monoisotopic (exact) mass is 314 g/mol. The zero-order valence-corrected chi connectivity index (χ0v) is 12.9. The Morgan fingerprint density at radius 2 is 2.00 bits per heavy atom. The molecule has 0 spiro atoms. The molecular formula is C18H19FN2O2. The lowest BCUT2D eigenvalue weighted by Crippen LogP contribution is -2.24. The minimum absolute atomic E-state index is 0.210. The molecule has 0 aliphatic carbocycles. The van der Waals surface area contributed by atoms with Gasteiger partial charge in [-0.3, -0.25) is 0 Å². The summed E-state index contributed by atoms with van der Waals surface area (Å²) in [7, 11) is 0. The van der Waals surface area contributed by atoms with Gasteiger partial charge in [-0.25, -0.2) is 9.18 Å². The molecule has 2 rings (SSSR count). The van der Waals surface area contributed by atoms with E-state index >= 15 is 0 Å². The summed E-state index contributed by atoms with van der Waals surface area (Å²) in [5, 5.41) is 2.57. The lowest BCUT2D eigenvalue weighted by atomic mass is 10.1. The molecule has 120 valence electrons. The van der Waals surface area contributed by atoms with Gasteiger partial charge >= 0.3 is 6.09 Å². The van der Waals surface area contributed by atoms with Crippen molar-refractivity contribution in [1.82, 2.24) is 5.32 Å². The zero-order valence-electron chi connectivity index (χ0n) is 12.9. The van der Waals surface area contributed by atoms with Crippen molar-refractivity contribution in [3.63, 3.8) is 0 Å². The van der Waals surface area contributed by atoms with Gasteiger partial charge in [-0.15, -0.1) is 0 Å². The number of rotatable bonds is 5. The molecule has 0 radical (unpaired) electrons. The van der Waals surface area contributed by atoms with Crippen LogP contribution in [0.2, 0.25) is 0 Å². The number of carbonyl (C=O) groups excluding carboxylic acids is 1. The van der Waals surface area contributed by atoms with Gasteiger partial charge in [-0.05, 0) is 24.6 Å². The first kappa shape index (κ1) is 16.5. The number of anilines is 1. The number of nitrogen functional groups attached to an aromatic ring is 1. The zero-order chi connectivity index (χ0) is 16.7. The maximum atomic E-state index is 13.9. The van der Waals surface area contributed by atoms with Gasteiger partial charge in [0.15, 0.2) is 0 Å². The summed E-state index contributed by atoms with van der Waals surface area (Å²) >= 11 is 0. The van der Waals surface area contributed by atoms with E-state index in [0.717, 1.165) is 5.56 Å². The quantitative estimate of drug-likeness (QED) is 0.828. The molecule has 0 unspecified atom stereocenters. The molecule has 0 aliphatic heterocycles. The summed E-state index contributed by atoms with van der Waals surface area (Å²) in [6.07, 6.45) is 2.73. The average Bonchev–Trinajstić information content (AvgIpc) is 2.57. The first-order chi connectivity index (χ1) is 11.1. The summed E-state index contributed by atoms with van der Waals surface area (Å²) in [5.41, 5.74) is 7.81. The Morgan fingerprint density at radius 1 is 1.26 bits per heavy atom. The van der Waals surface area contributed by atoms with E-state index in [1.807, 2.05) is 30.3 Å². The lowest BCUT2D eigenvalue weighted by molar-refractivity contribution is 0.141. The minimum atomic E-state index is -0.521. The van der Waals surface area contributed by atoms with Crippen molar-refractivity contribution in [3.8, 4) is 0 Å². The van der Waals surface area contributed by atoms with E-state index in [1.54, 1.807) is 31.2 Å². The number of carbonyl (C=O) groups is 1. The Balaban J connectivity index is 1.78. The number of nitrogens with one attached hydrogen (secondary N) is 1. The number of ether oxygens (including phenoxy) is 1. The van der Waals surface area contributed by atoms with E-state index in [-0.39, 0.29) is 19.0 Å². The molecule has 0 fully saturated rings. The maximum absolute atomic E-state index is 13.9. The molecule has 4 nitrogen and oxygen atoms in total. The van der Waals surface area contributed by atoms with Gasteiger partial charge in [0, 0.05) is 23.4 Å². The molecule has 0 saturated carbocycles. The number of amides is 1. The number of nitrogens with two attached hydrogens (primary N) is 1. The van der Waals surface area contributed by atoms with Crippen LogP contribution >= 0.6 is 0 Å². The van der Waals surface area contributed by atoms with Gasteiger partial charge in [-0.2, -0.15) is 0 Å². The van der Waals surface area contributed by atoms with Crippen molar-refractivity contribution in [1.29, 1.82) is 0 Å². The van der Waals surface area contributed by atoms with Gasteiger partial charge in [0.05, 0.1) is 0 Å². The van der Waals surface area contributed by atoms with Crippen LogP contribution in [-0.2, 0) is 11.3 Å². The Hall–Kier alpha value is -2.82. The predicted octanol–water partition coefficient (Wildman–Crippen LogP) is 3.66. The number of alkyl carbamates (subject to hydrolysis) is 1. The third kappa shape index (κ3) is 4.85. The van der Waals surface area contributed by atoms with Crippen molar-refractivity contribution < 1.29 is 13.9 Å². The highest BCUT2D eigenvalue weighted by atomic mass is 19.1. The van der Waals surface area contributed by atoms with Crippen molar-refractivity contribution in [2.45, 2.75) is 13.5 Å². The molecule has 0 bridgehead atoms. The molecule has 3 N–H and O–H groups in total. The lowest BCUT2D eigenvalue weighted by Gasteiger charge is -2.06. The number of benzene rings is 2. The first-order valence-corrected chi connectivity index (χ1v) is 7.23. The van der Waals surface area contributed by atoms with E-state index < -0.39 is 6.09 Å². The van der Waals surface area contributed by atoms with Crippen LogP contribution in [0.25, 0.3) is 6.08 Å². The summed E-state index contributed by atoms with van der Waals surface area (Å²) < 4.78 is 19.0. The third-order valence-electron chi connectivity index (χ3n) is 3.33. The molecule has 0 atom stereocenters. The third-order valence-corrected chi connectivity index (χ3v) is 3.33. The smallest absolute Gasteiger partial charge is 0.407 e. The fraction of sp³-hybridized carbons (Fsp3) is 0.167. The van der Waals surface area contributed by atoms with Crippen molar-refractivity contribution in [2.24, 2.45) is 0 Å². The summed E-state index contributed by atoms with van der Waals surface area (Å²) in [5.74, 6) is -0.354. The Morgan fingerprint density at radius 3 is 2.74 bits per heavy atom. The second kappa shape index (κ2) is 7.98. The molecule has 2 aromatic carbocycles. The highest BCUT2D eigenvalue weighted by Gasteiger charge is 2.05. The maximum Gasteiger partial charge on any atom is 0.407 e. The topological polar surface area (TPSA) is 64.3 Å². The highest BCUT2D eigenvalue weighted by Crippen LogP contribution is 2.19. The normalized spacial score (nSPS) is 10.7. The van der Waals surface area contributed by atoms with Crippen LogP contribution in [0.1, 0.15) is 16.7 Å². The molecule has 2 aromatic rings. The molecule has 0 aromatic heterocycles. The van der Waals surface area contributed by atoms with E-state index in [4.69, 9.17) is 10.5 Å². The fourth-order valence-electron chi connectivity index (χ4n) is 1.95. The number of hydrogen-bond donors (Lipinski definition) is 2. The first-order valence-electron chi connectivity index (χ1n) is 7.23. The van der Waals surface area contributed by atoms with Gasteiger partial charge < -0.3 is 15.8 Å². The van der Waals surface area contributed by atoms with E-state index in [0.29, 0.717) is 16.8 Å². The second-order valence-electron chi connectivity index (χ2n) is 5.03. The SMILES string of the molecule is Cc1c(N)ccc(C=CCNC(=O)OCc2ccccc2)c1F. The van der Waals surface area contributed by atoms with E-state index in [9.17, 15) is 9.18 Å². The van der Waals surface area contributed by atoms with Crippen LogP contribution in [0.3, 0.4) is 0 Å². The van der Waals surface area contributed by atoms with Gasteiger partial charge in [0.2, 0.25) is 0 Å². The van der Waals surface area contributed by atoms with Crippen molar-refractivity contribution in [3.05, 3.63) is 71.0 Å². The highest BCUT2D eigenvalue weighted by molar-refractivity contribution is 5.67. The van der Waals surface area contributed by atoms with Crippen LogP contribution in [0.4, 0.5) is 14.9 Å². The molecule has 0 heterocycles. The standard InChI is InChI=1S/C18H19FN2O2/c1-13-16(20)10-9-15(17(13)19)8-5-11-21-18(22)23-12-14-6-3-2-4-7-14/h2-10H,11-12,20H2,1H3,(H,21,22). The molecule has 1 amide bonds. The summed E-state index contributed by atoms with van der Waals surface area (Å²) in [6.45, 7) is 2.08. The van der Waals surface area contributed by atoms with E-state index in [2.05, 4.69) is 5.32 Å². The Labute approximate surface area is 134 Å². The predicted molar refractivity (Wildman–Crippen MR) is 89.2 cm³/mol. The van der Waals surface area contributed by atoms with Crippen LogP contribution in [0, 0.1) is 12.7 Å². The van der Waals surface area contributed by atoms with E-state index in [1.165, 1.54) is 0 Å². The molecule has 0 aliphatic rings. The summed E-state index contributed by atoms with van der Waals surface area (Å²) in [4.78, 5) is 11.5. The minimum Gasteiger partial charge on any atom is -0.445 e. The molecule has 23 heavy (non-hydrogen) atoms. The van der Waals surface area contributed by atoms with Crippen LogP contribution in [0.5, 0.6) is 0 Å². The average molecular weight is 314 g/mol. The van der Waals surface area contributed by atoms with Crippen LogP contribution in [0.15, 0.2) is 48.5 Å². The van der Waals surface area contributed by atoms with Crippen molar-refractivity contribution in [2.75, 3.05) is 12.3 Å². The Kier molecular flexibility index (Phi) is 5.74. The molecular weight excluding hydrogens is 295 g/mol. The summed E-state index contributed by atoms with van der Waals surface area (Å²) in [6, 6.07) is 12.7. The fourth-order valence-corrected chi connectivity index (χ4v) is 1.95. The number of halogens is 1.